The van der Waals surface area contributed by atoms with E-state index in [-0.39, 0.29) is 17.9 Å². The molecule has 0 aliphatic heterocycles. The molecule has 128 valence electrons. The molecule has 0 bridgehead atoms. The van der Waals surface area contributed by atoms with Gasteiger partial charge in [-0.25, -0.2) is 4.79 Å². The summed E-state index contributed by atoms with van der Waals surface area (Å²) in [5.74, 6) is -0.00672. The number of ether oxygens (including phenoxy) is 2. The third kappa shape index (κ3) is 3.26. The molecule has 0 atom stereocenters. The molecule has 0 radical (unpaired) electrons. The molecule has 0 heterocycles. The second-order valence-corrected chi connectivity index (χ2v) is 5.90. The van der Waals surface area contributed by atoms with Crippen LogP contribution < -0.4 is 4.74 Å². The summed E-state index contributed by atoms with van der Waals surface area (Å²) in [6.07, 6.45) is 0. The minimum Gasteiger partial charge on any atom is -0.506 e. The Labute approximate surface area is 150 Å². The molecule has 0 amide bonds. The quantitative estimate of drug-likeness (QED) is 0.664. The standard InChI is InChI=1S/C20H17ClO4/c1-3-25-20(23)18-11-16(12-4-6-13(21)7-5-12)17-10-14(24-2)8-9-15(17)19(18)22/h4-11,22H,3H2,1-2H3. The third-order valence-electron chi connectivity index (χ3n) is 3.97. The van der Waals surface area contributed by atoms with Crippen molar-refractivity contribution in [1.82, 2.24) is 0 Å². The maximum Gasteiger partial charge on any atom is 0.341 e. The van der Waals surface area contributed by atoms with Gasteiger partial charge in [0.25, 0.3) is 0 Å². The van der Waals surface area contributed by atoms with Gasteiger partial charge in [-0.3, -0.25) is 0 Å². The Kier molecular flexibility index (Phi) is 4.81. The molecule has 0 saturated heterocycles. The van der Waals surface area contributed by atoms with Crippen LogP contribution in [0, 0.1) is 0 Å². The molecule has 25 heavy (non-hydrogen) atoms. The summed E-state index contributed by atoms with van der Waals surface area (Å²) < 4.78 is 10.4. The number of fused-ring (bicyclic) bond motifs is 1. The largest absolute Gasteiger partial charge is 0.506 e. The number of benzene rings is 3. The number of phenolic OH excluding ortho intramolecular Hbond substituents is 1. The Morgan fingerprint density at radius 3 is 2.44 bits per heavy atom. The first-order chi connectivity index (χ1) is 12.0. The van der Waals surface area contributed by atoms with Crippen molar-refractivity contribution in [2.45, 2.75) is 6.92 Å². The van der Waals surface area contributed by atoms with Crippen molar-refractivity contribution in [3.8, 4) is 22.6 Å². The summed E-state index contributed by atoms with van der Waals surface area (Å²) in [7, 11) is 1.58. The average Bonchev–Trinajstić information content (AvgIpc) is 2.63. The number of hydrogen-bond donors (Lipinski definition) is 1. The van der Waals surface area contributed by atoms with Gasteiger partial charge in [0.05, 0.1) is 13.7 Å². The first kappa shape index (κ1) is 17.1. The lowest BCUT2D eigenvalue weighted by atomic mass is 9.94. The average molecular weight is 357 g/mol. The lowest BCUT2D eigenvalue weighted by molar-refractivity contribution is 0.0523. The lowest BCUT2D eigenvalue weighted by Crippen LogP contribution is -2.05. The fourth-order valence-electron chi connectivity index (χ4n) is 2.75. The maximum atomic E-state index is 12.2. The van der Waals surface area contributed by atoms with E-state index in [1.165, 1.54) is 0 Å². The van der Waals surface area contributed by atoms with Gasteiger partial charge in [-0.05, 0) is 59.8 Å². The molecule has 3 aromatic carbocycles. The van der Waals surface area contributed by atoms with E-state index in [1.54, 1.807) is 44.4 Å². The van der Waals surface area contributed by atoms with Crippen molar-refractivity contribution in [3.05, 3.63) is 59.1 Å². The van der Waals surface area contributed by atoms with Crippen molar-refractivity contribution >= 4 is 28.3 Å². The minimum atomic E-state index is -0.562. The molecule has 0 fully saturated rings. The summed E-state index contributed by atoms with van der Waals surface area (Å²) in [5.41, 5.74) is 1.78. The Morgan fingerprint density at radius 2 is 1.80 bits per heavy atom. The van der Waals surface area contributed by atoms with E-state index in [0.717, 1.165) is 16.5 Å². The Morgan fingerprint density at radius 1 is 1.08 bits per heavy atom. The monoisotopic (exact) mass is 356 g/mol. The highest BCUT2D eigenvalue weighted by Gasteiger charge is 2.19. The van der Waals surface area contributed by atoms with Crippen molar-refractivity contribution in [2.75, 3.05) is 13.7 Å². The molecule has 3 aromatic rings. The van der Waals surface area contributed by atoms with Gasteiger partial charge in [-0.15, -0.1) is 0 Å². The van der Waals surface area contributed by atoms with Gasteiger partial charge in [-0.2, -0.15) is 0 Å². The molecule has 0 aliphatic rings. The zero-order valence-corrected chi connectivity index (χ0v) is 14.6. The number of halogens is 1. The molecule has 0 saturated carbocycles. The van der Waals surface area contributed by atoms with Gasteiger partial charge in [0.2, 0.25) is 0 Å². The molecule has 4 nitrogen and oxygen atoms in total. The highest BCUT2D eigenvalue weighted by molar-refractivity contribution is 6.30. The van der Waals surface area contributed by atoms with Crippen LogP contribution in [0.15, 0.2) is 48.5 Å². The summed E-state index contributed by atoms with van der Waals surface area (Å²) in [5, 5.41) is 12.5. The van der Waals surface area contributed by atoms with E-state index in [9.17, 15) is 9.90 Å². The molecule has 5 heteroatoms. The van der Waals surface area contributed by atoms with E-state index in [0.29, 0.717) is 16.2 Å². The number of carbonyl (C=O) groups excluding carboxylic acids is 1. The van der Waals surface area contributed by atoms with E-state index in [4.69, 9.17) is 21.1 Å². The molecule has 0 aromatic heterocycles. The molecular formula is C20H17ClO4. The molecule has 1 N–H and O–H groups in total. The molecule has 0 spiro atoms. The van der Waals surface area contributed by atoms with Gasteiger partial charge >= 0.3 is 5.97 Å². The maximum absolute atomic E-state index is 12.2. The van der Waals surface area contributed by atoms with Crippen LogP contribution in [0.4, 0.5) is 0 Å². The van der Waals surface area contributed by atoms with Crippen molar-refractivity contribution in [2.24, 2.45) is 0 Å². The SMILES string of the molecule is CCOC(=O)c1cc(-c2ccc(Cl)cc2)c2cc(OC)ccc2c1O. The van der Waals surface area contributed by atoms with Crippen LogP contribution in [0.1, 0.15) is 17.3 Å². The zero-order chi connectivity index (χ0) is 18.0. The van der Waals surface area contributed by atoms with Gasteiger partial charge in [0, 0.05) is 10.4 Å². The minimum absolute atomic E-state index is 0.103. The van der Waals surface area contributed by atoms with Crippen molar-refractivity contribution in [3.63, 3.8) is 0 Å². The van der Waals surface area contributed by atoms with Crippen LogP contribution >= 0.6 is 11.6 Å². The molecular weight excluding hydrogens is 340 g/mol. The Balaban J connectivity index is 2.32. The molecule has 3 rings (SSSR count). The van der Waals surface area contributed by atoms with E-state index in [1.807, 2.05) is 18.2 Å². The lowest BCUT2D eigenvalue weighted by Gasteiger charge is -2.14. The second kappa shape index (κ2) is 7.03. The van der Waals surface area contributed by atoms with Crippen molar-refractivity contribution < 1.29 is 19.4 Å². The van der Waals surface area contributed by atoms with Gasteiger partial charge in [0.15, 0.2) is 0 Å². The number of esters is 1. The van der Waals surface area contributed by atoms with Crippen LogP contribution in [0.25, 0.3) is 21.9 Å². The van der Waals surface area contributed by atoms with Crippen LogP contribution in [-0.2, 0) is 4.74 Å². The van der Waals surface area contributed by atoms with Gasteiger partial charge in [-0.1, -0.05) is 23.7 Å². The topological polar surface area (TPSA) is 55.8 Å². The Bertz CT molecular complexity index is 933. The van der Waals surface area contributed by atoms with Crippen molar-refractivity contribution in [1.29, 1.82) is 0 Å². The molecule has 0 unspecified atom stereocenters. The first-order valence-corrected chi connectivity index (χ1v) is 8.19. The molecule has 0 aliphatic carbocycles. The van der Waals surface area contributed by atoms with E-state index in [2.05, 4.69) is 0 Å². The zero-order valence-electron chi connectivity index (χ0n) is 13.9. The van der Waals surface area contributed by atoms with Crippen LogP contribution in [0.3, 0.4) is 0 Å². The normalized spacial score (nSPS) is 10.7. The van der Waals surface area contributed by atoms with Crippen LogP contribution in [0.5, 0.6) is 11.5 Å². The number of aromatic hydroxyl groups is 1. The summed E-state index contributed by atoms with van der Waals surface area (Å²) in [6, 6.07) is 14.2. The second-order valence-electron chi connectivity index (χ2n) is 5.46. The predicted molar refractivity (Wildman–Crippen MR) is 98.6 cm³/mol. The number of hydrogen-bond acceptors (Lipinski definition) is 4. The highest BCUT2D eigenvalue weighted by atomic mass is 35.5. The van der Waals surface area contributed by atoms with Gasteiger partial charge in [0.1, 0.15) is 17.1 Å². The summed E-state index contributed by atoms with van der Waals surface area (Å²) >= 11 is 5.98. The number of carbonyl (C=O) groups is 1. The number of methoxy groups -OCH3 is 1. The first-order valence-electron chi connectivity index (χ1n) is 7.82. The van der Waals surface area contributed by atoms with E-state index >= 15 is 0 Å². The van der Waals surface area contributed by atoms with E-state index < -0.39 is 5.97 Å². The smallest absolute Gasteiger partial charge is 0.341 e. The fraction of sp³-hybridized carbons (Fsp3) is 0.150. The highest BCUT2D eigenvalue weighted by Crippen LogP contribution is 2.39. The Hall–Kier alpha value is -2.72. The summed E-state index contributed by atoms with van der Waals surface area (Å²) in [6.45, 7) is 1.95. The van der Waals surface area contributed by atoms with Crippen LogP contribution in [-0.4, -0.2) is 24.8 Å². The number of phenols is 1. The summed E-state index contributed by atoms with van der Waals surface area (Å²) in [4.78, 5) is 12.2. The fourth-order valence-corrected chi connectivity index (χ4v) is 2.87. The van der Waals surface area contributed by atoms with Gasteiger partial charge < -0.3 is 14.6 Å². The third-order valence-corrected chi connectivity index (χ3v) is 4.22. The van der Waals surface area contributed by atoms with Crippen LogP contribution in [0.2, 0.25) is 5.02 Å². The predicted octanol–water partition coefficient (Wildman–Crippen LogP) is 5.05. The number of rotatable bonds is 4.